The highest BCUT2D eigenvalue weighted by atomic mass is 19.1. The summed E-state index contributed by atoms with van der Waals surface area (Å²) in [6, 6.07) is 23.6. The molecular weight excluding hydrogens is 405 g/mol. The van der Waals surface area contributed by atoms with E-state index < -0.39 is 5.41 Å². The van der Waals surface area contributed by atoms with Gasteiger partial charge in [0.1, 0.15) is 24.0 Å². The van der Waals surface area contributed by atoms with Crippen LogP contribution >= 0.6 is 0 Å². The lowest BCUT2D eigenvalue weighted by molar-refractivity contribution is -0.145. The number of ketones is 1. The number of Topliss-reactive ketones (excluding diaryl/α,β-unsaturated/α-hetero) is 1. The Morgan fingerprint density at radius 3 is 2.19 bits per heavy atom. The second-order valence-electron chi connectivity index (χ2n) is 8.59. The van der Waals surface area contributed by atoms with Crippen LogP contribution in [0.25, 0.3) is 0 Å². The Labute approximate surface area is 186 Å². The number of carbonyl (C=O) groups is 2. The molecule has 0 bridgehead atoms. The third-order valence-corrected chi connectivity index (χ3v) is 6.68. The zero-order chi connectivity index (χ0) is 22.1. The Balaban J connectivity index is 1.41. The van der Waals surface area contributed by atoms with Gasteiger partial charge in [0.05, 0.1) is 11.5 Å². The maximum atomic E-state index is 13.5. The highest BCUT2D eigenvalue weighted by molar-refractivity contribution is 6.07. The Kier molecular flexibility index (Phi) is 5.25. The van der Waals surface area contributed by atoms with Crippen LogP contribution in [-0.4, -0.2) is 11.7 Å². The van der Waals surface area contributed by atoms with Crippen LogP contribution in [0.2, 0.25) is 0 Å². The fraction of sp³-hybridized carbons (Fsp3) is 0.259. The molecule has 0 unspecified atom stereocenters. The van der Waals surface area contributed by atoms with Gasteiger partial charge in [-0.25, -0.2) is 4.39 Å². The van der Waals surface area contributed by atoms with Crippen molar-refractivity contribution in [3.05, 3.63) is 95.8 Å². The molecule has 1 amide bonds. The predicted octanol–water partition coefficient (Wildman–Crippen LogP) is 5.62. The van der Waals surface area contributed by atoms with E-state index in [0.29, 0.717) is 38.0 Å². The molecule has 2 fully saturated rings. The molecule has 1 aliphatic heterocycles. The van der Waals surface area contributed by atoms with E-state index in [2.05, 4.69) is 0 Å². The minimum Gasteiger partial charge on any atom is -0.489 e. The number of amides is 1. The van der Waals surface area contributed by atoms with Gasteiger partial charge in [-0.2, -0.15) is 0 Å². The molecule has 32 heavy (non-hydrogen) atoms. The van der Waals surface area contributed by atoms with E-state index >= 15 is 0 Å². The number of β-lactam (4-membered cyclic amide) rings is 1. The van der Waals surface area contributed by atoms with Crippen molar-refractivity contribution in [2.45, 2.75) is 38.3 Å². The number of benzene rings is 3. The fourth-order valence-electron chi connectivity index (χ4n) is 4.94. The van der Waals surface area contributed by atoms with Gasteiger partial charge in [-0.05, 0) is 60.4 Å². The molecule has 0 radical (unpaired) electrons. The highest BCUT2D eigenvalue weighted by Crippen LogP contribution is 2.58. The molecule has 5 heteroatoms. The van der Waals surface area contributed by atoms with Gasteiger partial charge in [0.2, 0.25) is 5.91 Å². The maximum absolute atomic E-state index is 13.5. The van der Waals surface area contributed by atoms with Gasteiger partial charge in [-0.1, -0.05) is 42.5 Å². The topological polar surface area (TPSA) is 46.6 Å². The minimum atomic E-state index is -0.575. The van der Waals surface area contributed by atoms with Gasteiger partial charge in [-0.15, -0.1) is 0 Å². The highest BCUT2D eigenvalue weighted by Gasteiger charge is 2.61. The first-order valence-electron chi connectivity index (χ1n) is 10.9. The first-order chi connectivity index (χ1) is 15.6. The number of carbonyl (C=O) groups excluding carboxylic acids is 2. The van der Waals surface area contributed by atoms with Gasteiger partial charge in [0, 0.05) is 18.5 Å². The summed E-state index contributed by atoms with van der Waals surface area (Å²) in [6.45, 7) is 0.482. The zero-order valence-corrected chi connectivity index (χ0v) is 17.7. The number of rotatable bonds is 5. The summed E-state index contributed by atoms with van der Waals surface area (Å²) in [5.74, 6) is 0.652. The molecule has 1 aliphatic carbocycles. The van der Waals surface area contributed by atoms with Crippen molar-refractivity contribution in [2.24, 2.45) is 5.41 Å². The molecule has 5 rings (SSSR count). The van der Waals surface area contributed by atoms with Crippen LogP contribution in [0.4, 0.5) is 10.1 Å². The van der Waals surface area contributed by atoms with E-state index in [1.54, 1.807) is 17.0 Å². The number of nitrogens with zero attached hydrogens (tertiary/aromatic N) is 1. The SMILES string of the molecule is O=C1CCC2(CC1)C(=O)N(c1ccc(F)cc1)[C@@H]2c1ccc(OCc2ccccc2)cc1. The van der Waals surface area contributed by atoms with Crippen molar-refractivity contribution in [1.82, 2.24) is 0 Å². The van der Waals surface area contributed by atoms with E-state index in [-0.39, 0.29) is 23.5 Å². The van der Waals surface area contributed by atoms with Crippen molar-refractivity contribution < 1.29 is 18.7 Å². The number of halogens is 1. The van der Waals surface area contributed by atoms with Crippen LogP contribution in [0, 0.1) is 11.2 Å². The van der Waals surface area contributed by atoms with E-state index in [1.165, 1.54) is 12.1 Å². The van der Waals surface area contributed by atoms with Gasteiger partial charge in [0.15, 0.2) is 0 Å². The predicted molar refractivity (Wildman–Crippen MR) is 120 cm³/mol. The molecule has 2 aliphatic rings. The van der Waals surface area contributed by atoms with Crippen molar-refractivity contribution in [3.8, 4) is 5.75 Å². The lowest BCUT2D eigenvalue weighted by Gasteiger charge is -2.57. The average Bonchev–Trinajstić information content (AvgIpc) is 2.83. The quantitative estimate of drug-likeness (QED) is 0.495. The van der Waals surface area contributed by atoms with Gasteiger partial charge >= 0.3 is 0 Å². The van der Waals surface area contributed by atoms with E-state index in [1.807, 2.05) is 54.6 Å². The van der Waals surface area contributed by atoms with E-state index in [4.69, 9.17) is 4.74 Å². The number of anilines is 1. The van der Waals surface area contributed by atoms with Gasteiger partial charge in [0.25, 0.3) is 0 Å². The van der Waals surface area contributed by atoms with Crippen LogP contribution in [0.5, 0.6) is 5.75 Å². The summed E-state index contributed by atoms with van der Waals surface area (Å²) >= 11 is 0. The van der Waals surface area contributed by atoms with E-state index in [0.717, 1.165) is 16.9 Å². The van der Waals surface area contributed by atoms with E-state index in [9.17, 15) is 14.0 Å². The lowest BCUT2D eigenvalue weighted by Crippen LogP contribution is -2.64. The normalized spacial score (nSPS) is 19.7. The van der Waals surface area contributed by atoms with Crippen LogP contribution < -0.4 is 9.64 Å². The van der Waals surface area contributed by atoms with Crippen LogP contribution in [0.3, 0.4) is 0 Å². The standard InChI is InChI=1S/C27H24FNO3/c28-21-8-10-22(11-9-21)29-25(27(26(29)31)16-14-23(30)15-17-27)20-6-12-24(13-7-20)32-18-19-4-2-1-3-5-19/h1-13,25H,14-18H2/t25-/m1/s1. The Hall–Kier alpha value is -3.47. The summed E-state index contributed by atoms with van der Waals surface area (Å²) in [4.78, 5) is 27.0. The largest absolute Gasteiger partial charge is 0.489 e. The van der Waals surface area contributed by atoms with Crippen LogP contribution in [0.1, 0.15) is 42.9 Å². The molecule has 1 heterocycles. The molecule has 4 nitrogen and oxygen atoms in total. The molecule has 1 atom stereocenters. The van der Waals surface area contributed by atoms with Crippen molar-refractivity contribution in [2.75, 3.05) is 4.90 Å². The molecule has 1 spiro atoms. The summed E-state index contributed by atoms with van der Waals surface area (Å²) < 4.78 is 19.4. The molecule has 0 aromatic heterocycles. The van der Waals surface area contributed by atoms with Crippen LogP contribution in [0.15, 0.2) is 78.9 Å². The molecule has 1 saturated carbocycles. The molecule has 162 valence electrons. The third kappa shape index (κ3) is 3.58. The Morgan fingerprint density at radius 1 is 0.875 bits per heavy atom. The summed E-state index contributed by atoms with van der Waals surface area (Å²) in [5, 5.41) is 0. The van der Waals surface area contributed by atoms with Gasteiger partial charge in [-0.3, -0.25) is 9.59 Å². The molecule has 3 aromatic carbocycles. The Bertz CT molecular complexity index is 1120. The Morgan fingerprint density at radius 2 is 1.53 bits per heavy atom. The second-order valence-corrected chi connectivity index (χ2v) is 8.59. The fourth-order valence-corrected chi connectivity index (χ4v) is 4.94. The number of hydrogen-bond acceptors (Lipinski definition) is 3. The molecule has 0 N–H and O–H groups in total. The number of hydrogen-bond donors (Lipinski definition) is 0. The molecular formula is C27H24FNO3. The first kappa shape index (κ1) is 20.4. The van der Waals surface area contributed by atoms with Crippen molar-refractivity contribution >= 4 is 17.4 Å². The second kappa shape index (κ2) is 8.23. The monoisotopic (exact) mass is 429 g/mol. The zero-order valence-electron chi connectivity index (χ0n) is 17.7. The molecule has 3 aromatic rings. The summed E-state index contributed by atoms with van der Waals surface area (Å²) in [5.41, 5.74) is 2.19. The van der Waals surface area contributed by atoms with Crippen molar-refractivity contribution in [1.29, 1.82) is 0 Å². The summed E-state index contributed by atoms with van der Waals surface area (Å²) in [6.07, 6.45) is 1.97. The first-order valence-corrected chi connectivity index (χ1v) is 10.9. The lowest BCUT2D eigenvalue weighted by atomic mass is 9.60. The molecule has 1 saturated heterocycles. The van der Waals surface area contributed by atoms with Crippen molar-refractivity contribution in [3.63, 3.8) is 0 Å². The average molecular weight is 429 g/mol. The number of ether oxygens (including phenoxy) is 1. The minimum absolute atomic E-state index is 0.0195. The smallest absolute Gasteiger partial charge is 0.236 e. The third-order valence-electron chi connectivity index (χ3n) is 6.68. The summed E-state index contributed by atoms with van der Waals surface area (Å²) in [7, 11) is 0. The maximum Gasteiger partial charge on any atom is 0.236 e. The van der Waals surface area contributed by atoms with Gasteiger partial charge < -0.3 is 9.64 Å². The van der Waals surface area contributed by atoms with Crippen LogP contribution in [-0.2, 0) is 16.2 Å².